The normalized spacial score (nSPS) is 21.7. The molecule has 2 fully saturated rings. The van der Waals surface area contributed by atoms with E-state index in [1.165, 1.54) is 18.4 Å². The highest BCUT2D eigenvalue weighted by molar-refractivity contribution is 5.31. The Morgan fingerprint density at radius 3 is 2.25 bits per heavy atom. The third-order valence-electron chi connectivity index (χ3n) is 5.10. The predicted molar refractivity (Wildman–Crippen MR) is 97.7 cm³/mol. The van der Waals surface area contributed by atoms with Gasteiger partial charge in [-0.05, 0) is 36.0 Å². The first-order valence-electron chi connectivity index (χ1n) is 9.29. The van der Waals surface area contributed by atoms with Gasteiger partial charge in [0.25, 0.3) is 0 Å². The summed E-state index contributed by atoms with van der Waals surface area (Å²) in [6, 6.07) is 9.08. The molecule has 1 saturated carbocycles. The van der Waals surface area contributed by atoms with Crippen molar-refractivity contribution >= 4 is 0 Å². The third-order valence-corrected chi connectivity index (χ3v) is 5.10. The van der Waals surface area contributed by atoms with E-state index in [1.807, 2.05) is 12.1 Å². The molecule has 1 aromatic carbocycles. The van der Waals surface area contributed by atoms with Crippen molar-refractivity contribution < 1.29 is 9.84 Å². The number of ether oxygens (including phenoxy) is 1. The SMILES string of the molecule is CC(C)(C)c1ccc(OCC(O)CN2CCN(C3CC3)CC2)cc1. The monoisotopic (exact) mass is 332 g/mol. The second-order valence-electron chi connectivity index (χ2n) is 8.31. The van der Waals surface area contributed by atoms with Gasteiger partial charge in [-0.3, -0.25) is 9.80 Å². The summed E-state index contributed by atoms with van der Waals surface area (Å²) in [5.74, 6) is 0.834. The van der Waals surface area contributed by atoms with Crippen molar-refractivity contribution in [2.45, 2.75) is 51.2 Å². The van der Waals surface area contributed by atoms with Crippen molar-refractivity contribution in [2.75, 3.05) is 39.3 Å². The molecular weight excluding hydrogens is 300 g/mol. The summed E-state index contributed by atoms with van der Waals surface area (Å²) in [6.07, 6.45) is 2.33. The van der Waals surface area contributed by atoms with Crippen LogP contribution in [-0.2, 0) is 5.41 Å². The van der Waals surface area contributed by atoms with Crippen LogP contribution in [0.15, 0.2) is 24.3 Å². The lowest BCUT2D eigenvalue weighted by Gasteiger charge is -2.35. The van der Waals surface area contributed by atoms with Gasteiger partial charge in [0.05, 0.1) is 0 Å². The molecule has 0 radical (unpaired) electrons. The number of aliphatic hydroxyl groups excluding tert-OH is 1. The molecule has 2 aliphatic rings. The zero-order valence-corrected chi connectivity index (χ0v) is 15.4. The van der Waals surface area contributed by atoms with Crippen molar-refractivity contribution in [2.24, 2.45) is 0 Å². The quantitative estimate of drug-likeness (QED) is 0.868. The zero-order chi connectivity index (χ0) is 17.2. The van der Waals surface area contributed by atoms with Gasteiger partial charge in [0.1, 0.15) is 18.5 Å². The van der Waals surface area contributed by atoms with Crippen LogP contribution in [0.3, 0.4) is 0 Å². The molecule has 1 aliphatic heterocycles. The number of aliphatic hydroxyl groups is 1. The van der Waals surface area contributed by atoms with E-state index >= 15 is 0 Å². The maximum atomic E-state index is 10.3. The standard InChI is InChI=1S/C20H32N2O2/c1-20(2,3)16-4-8-19(9-5-16)24-15-18(23)14-21-10-12-22(13-11-21)17-6-7-17/h4-5,8-9,17-18,23H,6-7,10-15H2,1-3H3. The van der Waals surface area contributed by atoms with E-state index in [1.54, 1.807) is 0 Å². The Balaban J connectivity index is 1.38. The van der Waals surface area contributed by atoms with Crippen LogP contribution in [0.4, 0.5) is 0 Å². The van der Waals surface area contributed by atoms with Crippen LogP contribution in [0.25, 0.3) is 0 Å². The molecule has 1 atom stereocenters. The van der Waals surface area contributed by atoms with Crippen LogP contribution in [0, 0.1) is 0 Å². The Bertz CT molecular complexity index is 511. The number of hydrogen-bond donors (Lipinski definition) is 1. The van der Waals surface area contributed by atoms with Crippen LogP contribution in [0.5, 0.6) is 5.75 Å². The second kappa shape index (κ2) is 7.42. The smallest absolute Gasteiger partial charge is 0.119 e. The highest BCUT2D eigenvalue weighted by Crippen LogP contribution is 2.27. The fourth-order valence-electron chi connectivity index (χ4n) is 3.35. The number of β-amino-alcohol motifs (C(OH)–C–C–N with tert-alkyl or cyclic N) is 1. The number of piperazine rings is 1. The van der Waals surface area contributed by atoms with E-state index in [9.17, 15) is 5.11 Å². The summed E-state index contributed by atoms with van der Waals surface area (Å²) in [6.45, 7) is 12.1. The first kappa shape index (κ1) is 17.7. The van der Waals surface area contributed by atoms with E-state index in [-0.39, 0.29) is 5.41 Å². The van der Waals surface area contributed by atoms with Gasteiger partial charge in [-0.1, -0.05) is 32.9 Å². The molecule has 1 heterocycles. The van der Waals surface area contributed by atoms with Gasteiger partial charge in [0.15, 0.2) is 0 Å². The average Bonchev–Trinajstić information content (AvgIpc) is 3.38. The Labute approximate surface area is 146 Å². The Morgan fingerprint density at radius 2 is 1.71 bits per heavy atom. The van der Waals surface area contributed by atoms with Crippen LogP contribution in [-0.4, -0.2) is 66.4 Å². The van der Waals surface area contributed by atoms with Crippen LogP contribution in [0.2, 0.25) is 0 Å². The molecule has 4 nitrogen and oxygen atoms in total. The van der Waals surface area contributed by atoms with Crippen molar-refractivity contribution in [3.8, 4) is 5.75 Å². The molecule has 1 unspecified atom stereocenters. The fourth-order valence-corrected chi connectivity index (χ4v) is 3.35. The number of benzene rings is 1. The third kappa shape index (κ3) is 4.95. The molecule has 0 spiro atoms. The highest BCUT2D eigenvalue weighted by atomic mass is 16.5. The van der Waals surface area contributed by atoms with Gasteiger partial charge < -0.3 is 9.84 Å². The lowest BCUT2D eigenvalue weighted by molar-refractivity contribution is 0.0445. The molecule has 3 rings (SSSR count). The lowest BCUT2D eigenvalue weighted by atomic mass is 9.87. The van der Waals surface area contributed by atoms with E-state index in [0.29, 0.717) is 13.2 Å². The molecule has 1 N–H and O–H groups in total. The fraction of sp³-hybridized carbons (Fsp3) is 0.700. The lowest BCUT2D eigenvalue weighted by Crippen LogP contribution is -2.49. The van der Waals surface area contributed by atoms with Gasteiger partial charge in [0, 0.05) is 38.8 Å². The van der Waals surface area contributed by atoms with Crippen LogP contribution < -0.4 is 4.74 Å². The zero-order valence-electron chi connectivity index (χ0n) is 15.4. The topological polar surface area (TPSA) is 35.9 Å². The minimum absolute atomic E-state index is 0.153. The minimum atomic E-state index is -0.431. The van der Waals surface area contributed by atoms with Gasteiger partial charge in [0.2, 0.25) is 0 Å². The van der Waals surface area contributed by atoms with Crippen LogP contribution in [0.1, 0.15) is 39.2 Å². The first-order chi connectivity index (χ1) is 11.4. The molecule has 1 aromatic rings. The van der Waals surface area contributed by atoms with Gasteiger partial charge >= 0.3 is 0 Å². The van der Waals surface area contributed by atoms with Gasteiger partial charge in [-0.15, -0.1) is 0 Å². The summed E-state index contributed by atoms with van der Waals surface area (Å²) < 4.78 is 5.76. The molecule has 0 bridgehead atoms. The maximum absolute atomic E-state index is 10.3. The minimum Gasteiger partial charge on any atom is -0.491 e. The van der Waals surface area contributed by atoms with Crippen molar-refractivity contribution in [1.82, 2.24) is 9.80 Å². The summed E-state index contributed by atoms with van der Waals surface area (Å²) >= 11 is 0. The highest BCUT2D eigenvalue weighted by Gasteiger charge is 2.31. The second-order valence-corrected chi connectivity index (χ2v) is 8.31. The summed E-state index contributed by atoms with van der Waals surface area (Å²) in [5.41, 5.74) is 1.45. The van der Waals surface area contributed by atoms with Gasteiger partial charge in [-0.2, -0.15) is 0 Å². The van der Waals surface area contributed by atoms with E-state index in [0.717, 1.165) is 38.0 Å². The molecule has 134 valence electrons. The Kier molecular flexibility index (Phi) is 5.48. The first-order valence-corrected chi connectivity index (χ1v) is 9.29. The molecule has 0 aromatic heterocycles. The molecule has 24 heavy (non-hydrogen) atoms. The van der Waals surface area contributed by atoms with Crippen LogP contribution >= 0.6 is 0 Å². The van der Waals surface area contributed by atoms with Crippen molar-refractivity contribution in [3.63, 3.8) is 0 Å². The number of rotatable bonds is 6. The molecule has 0 amide bonds. The molecule has 4 heteroatoms. The maximum Gasteiger partial charge on any atom is 0.119 e. The van der Waals surface area contributed by atoms with E-state index < -0.39 is 6.10 Å². The summed E-state index contributed by atoms with van der Waals surface area (Å²) in [7, 11) is 0. The largest absolute Gasteiger partial charge is 0.491 e. The van der Waals surface area contributed by atoms with Crippen molar-refractivity contribution in [3.05, 3.63) is 29.8 Å². The summed E-state index contributed by atoms with van der Waals surface area (Å²) in [4.78, 5) is 4.95. The number of hydrogen-bond acceptors (Lipinski definition) is 4. The summed E-state index contributed by atoms with van der Waals surface area (Å²) in [5, 5.41) is 10.3. The average molecular weight is 332 g/mol. The van der Waals surface area contributed by atoms with E-state index in [4.69, 9.17) is 4.74 Å². The van der Waals surface area contributed by atoms with Crippen molar-refractivity contribution in [1.29, 1.82) is 0 Å². The number of nitrogens with zero attached hydrogens (tertiary/aromatic N) is 2. The molecular formula is C20H32N2O2. The Morgan fingerprint density at radius 1 is 1.08 bits per heavy atom. The predicted octanol–water partition coefficient (Wildman–Crippen LogP) is 2.50. The van der Waals surface area contributed by atoms with Gasteiger partial charge in [-0.25, -0.2) is 0 Å². The molecule has 1 saturated heterocycles. The van der Waals surface area contributed by atoms with E-state index in [2.05, 4.69) is 42.7 Å². The molecule has 1 aliphatic carbocycles. The Hall–Kier alpha value is -1.10.